The predicted octanol–water partition coefficient (Wildman–Crippen LogP) is 6.77. The van der Waals surface area contributed by atoms with E-state index in [4.69, 9.17) is 0 Å². The monoisotopic (exact) mass is 506 g/mol. The Labute approximate surface area is 213 Å². The zero-order chi connectivity index (χ0) is 26.4. The number of alkyl halides is 2. The van der Waals surface area contributed by atoms with Crippen LogP contribution >= 0.6 is 11.8 Å². The molecule has 5 nitrogen and oxygen atoms in total. The van der Waals surface area contributed by atoms with Crippen LogP contribution < -0.4 is 5.32 Å². The van der Waals surface area contributed by atoms with Crippen molar-refractivity contribution in [2.45, 2.75) is 53.4 Å². The lowest BCUT2D eigenvalue weighted by molar-refractivity contribution is -0.112. The molecule has 1 aromatic rings. The molecule has 8 heteroatoms. The van der Waals surface area contributed by atoms with E-state index in [9.17, 15) is 13.6 Å². The van der Waals surface area contributed by atoms with Crippen LogP contribution in [0.15, 0.2) is 45.7 Å². The lowest BCUT2D eigenvalue weighted by Crippen LogP contribution is -2.40. The second kappa shape index (κ2) is 15.6. The third-order valence-corrected chi connectivity index (χ3v) is 6.42. The summed E-state index contributed by atoms with van der Waals surface area (Å²) in [6, 6.07) is 6.26. The van der Waals surface area contributed by atoms with Crippen LogP contribution in [0.2, 0.25) is 0 Å². The van der Waals surface area contributed by atoms with Gasteiger partial charge in [-0.1, -0.05) is 56.5 Å². The smallest absolute Gasteiger partial charge is 0.257 e. The minimum atomic E-state index is -2.62. The molecule has 2 aliphatic rings. The summed E-state index contributed by atoms with van der Waals surface area (Å²) in [4.78, 5) is 22.1. The lowest BCUT2D eigenvalue weighted by Gasteiger charge is -2.31. The zero-order valence-electron chi connectivity index (χ0n) is 21.9. The molecule has 0 amide bonds. The van der Waals surface area contributed by atoms with Gasteiger partial charge in [0.15, 0.2) is 0 Å². The van der Waals surface area contributed by atoms with Gasteiger partial charge in [-0.15, -0.1) is 0 Å². The van der Waals surface area contributed by atoms with Gasteiger partial charge in [0.05, 0.1) is 18.9 Å². The normalized spacial score (nSPS) is 17.1. The van der Waals surface area contributed by atoms with Crippen molar-refractivity contribution in [1.29, 1.82) is 0 Å². The zero-order valence-corrected chi connectivity index (χ0v) is 22.7. The molecule has 1 fully saturated rings. The number of aliphatic imine (C=N–C) groups is 2. The topological polar surface area (TPSA) is 57.1 Å². The van der Waals surface area contributed by atoms with Gasteiger partial charge in [0.1, 0.15) is 11.3 Å². The number of nitrogens with zero attached hydrogens (tertiary/aromatic N) is 3. The molecule has 1 aromatic carbocycles. The van der Waals surface area contributed by atoms with Crippen molar-refractivity contribution >= 4 is 40.7 Å². The molecule has 0 aliphatic carbocycles. The molecule has 35 heavy (non-hydrogen) atoms. The van der Waals surface area contributed by atoms with Crippen LogP contribution in [0.3, 0.4) is 0 Å². The molecule has 0 unspecified atom stereocenters. The minimum absolute atomic E-state index is 0.0849. The summed E-state index contributed by atoms with van der Waals surface area (Å²) >= 11 is 1.71. The van der Waals surface area contributed by atoms with Crippen molar-refractivity contribution in [2.75, 3.05) is 38.5 Å². The number of piperidine rings is 1. The number of halogens is 2. The fraction of sp³-hybridized carbons (Fsp3) is 0.519. The van der Waals surface area contributed by atoms with E-state index in [1.165, 1.54) is 4.91 Å². The molecule has 1 saturated heterocycles. The predicted molar refractivity (Wildman–Crippen MR) is 149 cm³/mol. The standard InChI is InChI=1S/C16H19N3S.C9H15F2NO.C2H6/c1-5-13-6-7-14(10-15(13)19-12(3)17-4)16-18-9-8-11(2)20-16;1-9(10,11)7-12-4-2-8(6-13)3-5-12;1-2/h5-8,10H,1,9H2,2-4H3,(H,17,19);6,8H,2-5,7H2,1H3;1-2H3. The fourth-order valence-electron chi connectivity index (χ4n) is 3.50. The number of aldehydes is 1. The number of thioether (sulfide) groups is 1. The Hall–Kier alpha value is -2.32. The van der Waals surface area contributed by atoms with E-state index < -0.39 is 5.92 Å². The third-order valence-electron chi connectivity index (χ3n) is 5.37. The highest BCUT2D eigenvalue weighted by Crippen LogP contribution is 2.28. The maximum Gasteiger partial charge on any atom is 0.257 e. The first kappa shape index (κ1) is 30.7. The Morgan fingerprint density at radius 3 is 2.51 bits per heavy atom. The summed E-state index contributed by atoms with van der Waals surface area (Å²) in [6.07, 6.45) is 6.36. The molecule has 2 heterocycles. The summed E-state index contributed by atoms with van der Waals surface area (Å²) in [7, 11) is 1.77. The van der Waals surface area contributed by atoms with Crippen molar-refractivity contribution in [3.63, 3.8) is 0 Å². The average Bonchev–Trinajstić information content (AvgIpc) is 2.85. The second-order valence-electron chi connectivity index (χ2n) is 8.32. The Morgan fingerprint density at radius 2 is 2.00 bits per heavy atom. The largest absolute Gasteiger partial charge is 0.344 e. The van der Waals surface area contributed by atoms with Crippen molar-refractivity contribution in [3.05, 3.63) is 46.9 Å². The maximum atomic E-state index is 12.6. The lowest BCUT2D eigenvalue weighted by atomic mass is 9.98. The SMILES string of the molecule is C=Cc1ccc(C2=NCC=C(C)S2)cc1NC(C)=NC.CC.CC(F)(F)CN1CCC(C=O)CC1. The van der Waals surface area contributed by atoms with E-state index >= 15 is 0 Å². The Balaban J connectivity index is 0.000000354. The number of anilines is 1. The summed E-state index contributed by atoms with van der Waals surface area (Å²) in [5.41, 5.74) is 3.20. The first-order chi connectivity index (χ1) is 16.6. The summed E-state index contributed by atoms with van der Waals surface area (Å²) in [6.45, 7) is 14.7. The molecule has 0 aromatic heterocycles. The van der Waals surface area contributed by atoms with Gasteiger partial charge in [-0.3, -0.25) is 14.9 Å². The summed E-state index contributed by atoms with van der Waals surface area (Å²) < 4.78 is 25.1. The van der Waals surface area contributed by atoms with Gasteiger partial charge in [0, 0.05) is 31.1 Å². The summed E-state index contributed by atoms with van der Waals surface area (Å²) in [5.74, 6) is -1.66. The van der Waals surface area contributed by atoms with E-state index in [1.807, 2.05) is 26.8 Å². The Bertz CT molecular complexity index is 914. The van der Waals surface area contributed by atoms with E-state index in [1.54, 1.807) is 23.7 Å². The number of hydrogen-bond donors (Lipinski definition) is 1. The molecule has 2 aliphatic heterocycles. The van der Waals surface area contributed by atoms with Crippen molar-refractivity contribution < 1.29 is 13.6 Å². The van der Waals surface area contributed by atoms with Crippen molar-refractivity contribution in [3.8, 4) is 0 Å². The molecule has 194 valence electrons. The fourth-order valence-corrected chi connectivity index (χ4v) is 4.35. The van der Waals surface area contributed by atoms with Crippen LogP contribution in [0.5, 0.6) is 0 Å². The Kier molecular flexibility index (Phi) is 13.7. The number of likely N-dealkylation sites (tertiary alicyclic amines) is 1. The van der Waals surface area contributed by atoms with Gasteiger partial charge in [0.2, 0.25) is 0 Å². The van der Waals surface area contributed by atoms with E-state index in [-0.39, 0.29) is 12.5 Å². The first-order valence-corrected chi connectivity index (χ1v) is 12.9. The number of rotatable bonds is 6. The van der Waals surface area contributed by atoms with E-state index in [0.29, 0.717) is 13.1 Å². The number of allylic oxidation sites excluding steroid dienone is 1. The molecule has 0 bridgehead atoms. The molecular weight excluding hydrogens is 466 g/mol. The molecule has 3 rings (SSSR count). The number of hydrogen-bond acceptors (Lipinski definition) is 5. The van der Waals surface area contributed by atoms with Crippen LogP contribution in [-0.2, 0) is 4.79 Å². The third kappa shape index (κ3) is 11.3. The average molecular weight is 507 g/mol. The number of nitrogens with one attached hydrogen (secondary N) is 1. The maximum absolute atomic E-state index is 12.6. The molecule has 0 saturated carbocycles. The number of benzene rings is 1. The first-order valence-electron chi connectivity index (χ1n) is 12.1. The summed E-state index contributed by atoms with van der Waals surface area (Å²) in [5, 5.41) is 4.37. The van der Waals surface area contributed by atoms with Crippen molar-refractivity contribution in [2.24, 2.45) is 15.9 Å². The van der Waals surface area contributed by atoms with Gasteiger partial charge < -0.3 is 10.1 Å². The number of carbonyl (C=O) groups is 1. The second-order valence-corrected chi connectivity index (χ2v) is 9.56. The highest BCUT2D eigenvalue weighted by Gasteiger charge is 2.27. The van der Waals surface area contributed by atoms with Gasteiger partial charge in [-0.05, 0) is 56.3 Å². The van der Waals surface area contributed by atoms with Crippen LogP contribution in [0, 0.1) is 5.92 Å². The van der Waals surface area contributed by atoms with Gasteiger partial charge in [-0.2, -0.15) is 0 Å². The van der Waals surface area contributed by atoms with E-state index in [2.05, 4.69) is 53.1 Å². The van der Waals surface area contributed by atoms with Gasteiger partial charge in [-0.25, -0.2) is 8.78 Å². The molecule has 0 spiro atoms. The number of carbonyl (C=O) groups excluding carboxylic acids is 1. The van der Waals surface area contributed by atoms with Gasteiger partial charge in [0.25, 0.3) is 5.92 Å². The number of amidine groups is 1. The van der Waals surface area contributed by atoms with Crippen LogP contribution in [0.1, 0.15) is 58.6 Å². The van der Waals surface area contributed by atoms with Crippen LogP contribution in [-0.4, -0.2) is 61.2 Å². The highest BCUT2D eigenvalue weighted by atomic mass is 32.2. The quantitative estimate of drug-likeness (QED) is 0.263. The highest BCUT2D eigenvalue weighted by molar-refractivity contribution is 8.17. The molecule has 0 radical (unpaired) electrons. The van der Waals surface area contributed by atoms with E-state index in [0.717, 1.165) is 60.3 Å². The van der Waals surface area contributed by atoms with Gasteiger partial charge >= 0.3 is 0 Å². The molecule has 1 N–H and O–H groups in total. The van der Waals surface area contributed by atoms with Crippen LogP contribution in [0.25, 0.3) is 6.08 Å². The molecule has 0 atom stereocenters. The Morgan fingerprint density at radius 1 is 1.34 bits per heavy atom. The van der Waals surface area contributed by atoms with Crippen molar-refractivity contribution in [1.82, 2.24) is 4.90 Å². The minimum Gasteiger partial charge on any atom is -0.344 e. The van der Waals surface area contributed by atoms with Crippen LogP contribution in [0.4, 0.5) is 14.5 Å². The molecular formula is C27H40F2N4OS.